The smallest absolute Gasteiger partial charge is 0.0622 e. The lowest BCUT2D eigenvalue weighted by Crippen LogP contribution is -2.28. The fourth-order valence-electron chi connectivity index (χ4n) is 5.13. The molecule has 29 heavy (non-hydrogen) atoms. The molecule has 0 spiro atoms. The van der Waals surface area contributed by atoms with E-state index in [-0.39, 0.29) is 5.41 Å². The number of benzene rings is 5. The van der Waals surface area contributed by atoms with Crippen LogP contribution < -0.4 is 0 Å². The number of rotatable bonds is 2. The fraction of sp³-hybridized carbons (Fsp3) is 0.0345. The molecule has 5 aromatic rings. The minimum Gasteiger partial charge on any atom is -0.0622 e. The van der Waals surface area contributed by atoms with Gasteiger partial charge in [0.15, 0.2) is 0 Å². The molecule has 0 radical (unpaired) electrons. The van der Waals surface area contributed by atoms with E-state index in [1.807, 2.05) is 0 Å². The second-order valence-electron chi connectivity index (χ2n) is 7.77. The van der Waals surface area contributed by atoms with Crippen molar-refractivity contribution in [2.24, 2.45) is 0 Å². The zero-order chi connectivity index (χ0) is 19.3. The lowest BCUT2D eigenvalue weighted by molar-refractivity contribution is 0.769. The Morgan fingerprint density at radius 1 is 0.379 bits per heavy atom. The Morgan fingerprint density at radius 2 is 0.897 bits per heavy atom. The van der Waals surface area contributed by atoms with Crippen LogP contribution in [0, 0.1) is 0 Å². The Morgan fingerprint density at radius 3 is 1.55 bits per heavy atom. The molecule has 0 amide bonds. The monoisotopic (exact) mass is 368 g/mol. The minimum absolute atomic E-state index is 0.307. The van der Waals surface area contributed by atoms with Crippen LogP contribution >= 0.6 is 0 Å². The van der Waals surface area contributed by atoms with Gasteiger partial charge < -0.3 is 0 Å². The summed E-state index contributed by atoms with van der Waals surface area (Å²) in [6, 6.07) is 44.3. The van der Waals surface area contributed by atoms with Crippen LogP contribution in [0.25, 0.3) is 21.9 Å². The van der Waals surface area contributed by atoms with Crippen molar-refractivity contribution in [3.63, 3.8) is 0 Å². The van der Waals surface area contributed by atoms with Gasteiger partial charge in [-0.25, -0.2) is 0 Å². The molecule has 0 aromatic heterocycles. The van der Waals surface area contributed by atoms with Gasteiger partial charge >= 0.3 is 0 Å². The number of hydrogen-bond acceptors (Lipinski definition) is 0. The Balaban J connectivity index is 1.83. The van der Waals surface area contributed by atoms with Gasteiger partial charge in [-0.2, -0.15) is 0 Å². The van der Waals surface area contributed by atoms with Gasteiger partial charge in [0.25, 0.3) is 0 Å². The molecule has 0 heterocycles. The van der Waals surface area contributed by atoms with Crippen LogP contribution in [0.2, 0.25) is 0 Å². The van der Waals surface area contributed by atoms with E-state index in [2.05, 4.69) is 121 Å². The van der Waals surface area contributed by atoms with Gasteiger partial charge in [0, 0.05) is 0 Å². The molecule has 0 N–H and O–H groups in total. The summed E-state index contributed by atoms with van der Waals surface area (Å²) in [6.45, 7) is 0. The predicted molar refractivity (Wildman–Crippen MR) is 121 cm³/mol. The van der Waals surface area contributed by atoms with Gasteiger partial charge in [-0.15, -0.1) is 0 Å². The third-order valence-electron chi connectivity index (χ3n) is 6.32. The summed E-state index contributed by atoms with van der Waals surface area (Å²) in [5.41, 5.74) is 7.73. The Hall–Kier alpha value is -3.64. The zero-order valence-corrected chi connectivity index (χ0v) is 16.0. The van der Waals surface area contributed by atoms with Gasteiger partial charge in [0.2, 0.25) is 0 Å². The SMILES string of the molecule is c1ccc(C2(c3ccccc3)c3ccccc3-c3cc4ccccc4cc32)cc1. The Bertz CT molecular complexity index is 1290. The molecule has 6 rings (SSSR count). The standard InChI is InChI=1S/C29H20/c1-3-13-23(14-4-1)29(24-15-5-2-6-16-24)27-18-10-9-17-25(27)26-19-21-11-7-8-12-22(21)20-28(26)29/h1-20H. The quantitative estimate of drug-likeness (QED) is 0.303. The predicted octanol–water partition coefficient (Wildman–Crippen LogP) is 7.20. The summed E-state index contributed by atoms with van der Waals surface area (Å²) in [4.78, 5) is 0. The first-order valence-corrected chi connectivity index (χ1v) is 10.1. The number of fused-ring (bicyclic) bond motifs is 4. The van der Waals surface area contributed by atoms with Crippen LogP contribution in [0.3, 0.4) is 0 Å². The van der Waals surface area contributed by atoms with Gasteiger partial charge in [-0.3, -0.25) is 0 Å². The molecule has 1 aliphatic carbocycles. The van der Waals surface area contributed by atoms with E-state index in [1.165, 1.54) is 44.2 Å². The van der Waals surface area contributed by atoms with Gasteiger partial charge in [0.05, 0.1) is 5.41 Å². The van der Waals surface area contributed by atoms with E-state index >= 15 is 0 Å². The third kappa shape index (κ3) is 2.20. The normalized spacial score (nSPS) is 13.8. The van der Waals surface area contributed by atoms with Crippen molar-refractivity contribution in [2.75, 3.05) is 0 Å². The average molecular weight is 368 g/mol. The first-order valence-electron chi connectivity index (χ1n) is 10.1. The van der Waals surface area contributed by atoms with Crippen LogP contribution in [0.4, 0.5) is 0 Å². The van der Waals surface area contributed by atoms with Crippen molar-refractivity contribution < 1.29 is 0 Å². The van der Waals surface area contributed by atoms with Crippen LogP contribution in [-0.2, 0) is 5.41 Å². The average Bonchev–Trinajstić information content (AvgIpc) is 3.09. The second kappa shape index (κ2) is 6.18. The number of hydrogen-bond donors (Lipinski definition) is 0. The summed E-state index contributed by atoms with van der Waals surface area (Å²) in [6.07, 6.45) is 0. The highest BCUT2D eigenvalue weighted by Gasteiger charge is 2.45. The van der Waals surface area contributed by atoms with Crippen LogP contribution in [-0.4, -0.2) is 0 Å². The largest absolute Gasteiger partial charge is 0.0713 e. The zero-order valence-electron chi connectivity index (χ0n) is 16.0. The highest BCUT2D eigenvalue weighted by molar-refractivity contribution is 5.95. The molecule has 0 fully saturated rings. The van der Waals surface area contributed by atoms with E-state index in [1.54, 1.807) is 0 Å². The van der Waals surface area contributed by atoms with Crippen molar-refractivity contribution in [3.05, 3.63) is 144 Å². The molecule has 0 unspecified atom stereocenters. The van der Waals surface area contributed by atoms with Crippen molar-refractivity contribution in [1.82, 2.24) is 0 Å². The highest BCUT2D eigenvalue weighted by Crippen LogP contribution is 2.56. The lowest BCUT2D eigenvalue weighted by Gasteiger charge is -2.34. The molecule has 0 bridgehead atoms. The molecule has 5 aromatic carbocycles. The molecule has 1 aliphatic rings. The van der Waals surface area contributed by atoms with E-state index in [9.17, 15) is 0 Å². The summed E-state index contributed by atoms with van der Waals surface area (Å²) < 4.78 is 0. The molecular weight excluding hydrogens is 348 g/mol. The fourth-order valence-corrected chi connectivity index (χ4v) is 5.13. The van der Waals surface area contributed by atoms with Gasteiger partial charge in [-0.05, 0) is 56.3 Å². The third-order valence-corrected chi connectivity index (χ3v) is 6.32. The van der Waals surface area contributed by atoms with Crippen molar-refractivity contribution in [2.45, 2.75) is 5.41 Å². The van der Waals surface area contributed by atoms with E-state index in [0.717, 1.165) is 0 Å². The van der Waals surface area contributed by atoms with Crippen molar-refractivity contribution in [1.29, 1.82) is 0 Å². The second-order valence-corrected chi connectivity index (χ2v) is 7.77. The maximum Gasteiger partial charge on any atom is 0.0713 e. The lowest BCUT2D eigenvalue weighted by atomic mass is 9.67. The summed E-state index contributed by atoms with van der Waals surface area (Å²) in [5, 5.41) is 2.58. The molecular formula is C29H20. The summed E-state index contributed by atoms with van der Waals surface area (Å²) in [5.74, 6) is 0. The molecule has 0 aliphatic heterocycles. The Labute approximate surface area is 171 Å². The van der Waals surface area contributed by atoms with E-state index in [0.29, 0.717) is 0 Å². The topological polar surface area (TPSA) is 0 Å². The molecule has 0 heteroatoms. The van der Waals surface area contributed by atoms with Crippen LogP contribution in [0.15, 0.2) is 121 Å². The van der Waals surface area contributed by atoms with Crippen molar-refractivity contribution >= 4 is 10.8 Å². The maximum absolute atomic E-state index is 2.41. The Kier molecular flexibility index (Phi) is 3.48. The maximum atomic E-state index is 2.41. The minimum atomic E-state index is -0.307. The molecule has 136 valence electrons. The van der Waals surface area contributed by atoms with Crippen LogP contribution in [0.5, 0.6) is 0 Å². The highest BCUT2D eigenvalue weighted by atomic mass is 14.5. The van der Waals surface area contributed by atoms with Gasteiger partial charge in [-0.1, -0.05) is 109 Å². The first-order chi connectivity index (χ1) is 14.4. The van der Waals surface area contributed by atoms with Crippen molar-refractivity contribution in [3.8, 4) is 11.1 Å². The van der Waals surface area contributed by atoms with E-state index < -0.39 is 0 Å². The molecule has 0 saturated heterocycles. The summed E-state index contributed by atoms with van der Waals surface area (Å²) in [7, 11) is 0. The van der Waals surface area contributed by atoms with E-state index in [4.69, 9.17) is 0 Å². The summed E-state index contributed by atoms with van der Waals surface area (Å²) >= 11 is 0. The molecule has 0 nitrogen and oxygen atoms in total. The van der Waals surface area contributed by atoms with Gasteiger partial charge in [0.1, 0.15) is 0 Å². The molecule has 0 atom stereocenters. The first kappa shape index (κ1) is 16.3. The molecule has 0 saturated carbocycles. The van der Waals surface area contributed by atoms with Crippen LogP contribution in [0.1, 0.15) is 22.3 Å².